The van der Waals surface area contributed by atoms with Crippen molar-refractivity contribution in [2.24, 2.45) is 0 Å². The van der Waals surface area contributed by atoms with Crippen LogP contribution in [0.4, 0.5) is 0 Å². The molecule has 0 atom stereocenters. The van der Waals surface area contributed by atoms with Crippen LogP contribution in [0.15, 0.2) is 48.5 Å². The van der Waals surface area contributed by atoms with Gasteiger partial charge >= 0.3 is 0 Å². The number of carbonyl (C=O) groups is 1. The largest absolute Gasteiger partial charge is 0.457 e. The molecule has 1 saturated carbocycles. The van der Waals surface area contributed by atoms with Crippen LogP contribution in [-0.2, 0) is 0 Å². The number of ketones is 1. The highest BCUT2D eigenvalue weighted by Gasteiger charge is 2.19. The third-order valence-corrected chi connectivity index (χ3v) is 4.01. The summed E-state index contributed by atoms with van der Waals surface area (Å²) >= 11 is 0. The fraction of sp³-hybridized carbons (Fsp3) is 0.278. The Balaban J connectivity index is 1.66. The summed E-state index contributed by atoms with van der Waals surface area (Å²) in [6.07, 6.45) is 3.92. The van der Waals surface area contributed by atoms with Crippen molar-refractivity contribution in [3.63, 3.8) is 0 Å². The molecule has 0 heterocycles. The van der Waals surface area contributed by atoms with E-state index in [0.717, 1.165) is 11.7 Å². The first-order chi connectivity index (χ1) is 10.3. The van der Waals surface area contributed by atoms with Crippen molar-refractivity contribution in [1.29, 1.82) is 0 Å². The number of ether oxygens (including phenoxy) is 1. The number of Topliss-reactive ketones (excluding diaryl/α,β-unsaturated/α-hetero) is 1. The van der Waals surface area contributed by atoms with Crippen molar-refractivity contribution in [3.8, 4) is 11.5 Å². The molecule has 3 rings (SSSR count). The Bertz CT molecular complexity index is 610. The molecule has 108 valence electrons. The van der Waals surface area contributed by atoms with Gasteiger partial charge in [0.2, 0.25) is 0 Å². The summed E-state index contributed by atoms with van der Waals surface area (Å²) in [6.45, 7) is -0.469. The Labute approximate surface area is 124 Å². The third kappa shape index (κ3) is 3.14. The normalized spacial score (nSPS) is 14.5. The van der Waals surface area contributed by atoms with Crippen LogP contribution in [-0.4, -0.2) is 17.5 Å². The maximum atomic E-state index is 11.3. The maximum absolute atomic E-state index is 11.3. The zero-order chi connectivity index (χ0) is 14.7. The first-order valence-electron chi connectivity index (χ1n) is 7.28. The lowest BCUT2D eigenvalue weighted by Gasteiger charge is -2.25. The second-order valence-corrected chi connectivity index (χ2v) is 5.40. The molecule has 1 N–H and O–H groups in total. The van der Waals surface area contributed by atoms with Crippen molar-refractivity contribution in [2.45, 2.75) is 25.2 Å². The molecule has 0 bridgehead atoms. The predicted molar refractivity (Wildman–Crippen MR) is 81.0 cm³/mol. The molecular formula is C18H18O3. The highest BCUT2D eigenvalue weighted by atomic mass is 16.5. The molecule has 0 saturated heterocycles. The summed E-state index contributed by atoms with van der Waals surface area (Å²) in [4.78, 5) is 11.3. The fourth-order valence-electron chi connectivity index (χ4n) is 2.49. The van der Waals surface area contributed by atoms with E-state index in [0.29, 0.717) is 11.3 Å². The molecule has 3 heteroatoms. The van der Waals surface area contributed by atoms with E-state index < -0.39 is 6.61 Å². The number of carbonyl (C=O) groups excluding carboxylic acids is 1. The zero-order valence-corrected chi connectivity index (χ0v) is 11.8. The van der Waals surface area contributed by atoms with E-state index in [4.69, 9.17) is 9.84 Å². The van der Waals surface area contributed by atoms with Crippen molar-refractivity contribution < 1.29 is 14.6 Å². The Kier molecular flexibility index (Phi) is 4.02. The second-order valence-electron chi connectivity index (χ2n) is 5.40. The van der Waals surface area contributed by atoms with Gasteiger partial charge in [0.1, 0.15) is 18.1 Å². The number of rotatable bonds is 5. The number of aliphatic hydroxyl groups excluding tert-OH is 1. The Morgan fingerprint density at radius 3 is 2.05 bits per heavy atom. The summed E-state index contributed by atoms with van der Waals surface area (Å²) in [5.41, 5.74) is 1.88. The lowest BCUT2D eigenvalue weighted by molar-refractivity contribution is 0.0903. The zero-order valence-electron chi connectivity index (χ0n) is 11.8. The minimum atomic E-state index is -0.469. The maximum Gasteiger partial charge on any atom is 0.188 e. The molecule has 0 amide bonds. The second kappa shape index (κ2) is 6.10. The average molecular weight is 282 g/mol. The Hall–Kier alpha value is -2.13. The van der Waals surface area contributed by atoms with Crippen molar-refractivity contribution in [1.82, 2.24) is 0 Å². The van der Waals surface area contributed by atoms with Gasteiger partial charge in [-0.25, -0.2) is 0 Å². The minimum absolute atomic E-state index is 0.286. The molecule has 3 nitrogen and oxygen atoms in total. The predicted octanol–water partition coefficient (Wildman–Crippen LogP) is 3.92. The summed E-state index contributed by atoms with van der Waals surface area (Å²) < 4.78 is 5.76. The highest BCUT2D eigenvalue weighted by molar-refractivity contribution is 5.96. The van der Waals surface area contributed by atoms with Gasteiger partial charge in [-0.2, -0.15) is 0 Å². The smallest absolute Gasteiger partial charge is 0.188 e. The van der Waals surface area contributed by atoms with E-state index in [-0.39, 0.29) is 5.78 Å². The molecule has 1 fully saturated rings. The van der Waals surface area contributed by atoms with Crippen molar-refractivity contribution in [3.05, 3.63) is 59.7 Å². The van der Waals surface area contributed by atoms with Gasteiger partial charge in [0.25, 0.3) is 0 Å². The standard InChI is InChI=1S/C18H18O3/c19-12-18(20)15-6-10-17(11-7-15)21-16-8-4-14(5-9-16)13-2-1-3-13/h4-11,13,19H,1-3,12H2. The first kappa shape index (κ1) is 13.8. The van der Waals surface area contributed by atoms with Gasteiger partial charge in [-0.1, -0.05) is 18.6 Å². The van der Waals surface area contributed by atoms with Crippen LogP contribution < -0.4 is 4.74 Å². The van der Waals surface area contributed by atoms with E-state index in [1.165, 1.54) is 24.8 Å². The molecule has 0 spiro atoms. The lowest BCUT2D eigenvalue weighted by atomic mass is 9.80. The lowest BCUT2D eigenvalue weighted by Crippen LogP contribution is -2.08. The average Bonchev–Trinajstić information content (AvgIpc) is 2.47. The van der Waals surface area contributed by atoms with Gasteiger partial charge in [-0.3, -0.25) is 4.79 Å². The quantitative estimate of drug-likeness (QED) is 0.845. The number of aliphatic hydroxyl groups is 1. The molecule has 1 aliphatic rings. The molecular weight excluding hydrogens is 264 g/mol. The summed E-state index contributed by atoms with van der Waals surface area (Å²) in [6, 6.07) is 15.0. The Morgan fingerprint density at radius 1 is 1.00 bits per heavy atom. The summed E-state index contributed by atoms with van der Waals surface area (Å²) in [5.74, 6) is 1.91. The molecule has 1 aliphatic carbocycles. The summed E-state index contributed by atoms with van der Waals surface area (Å²) in [5, 5.41) is 8.81. The SMILES string of the molecule is O=C(CO)c1ccc(Oc2ccc(C3CCC3)cc2)cc1. The van der Waals surface area contributed by atoms with Crippen LogP contribution in [0.1, 0.15) is 41.1 Å². The van der Waals surface area contributed by atoms with E-state index in [2.05, 4.69) is 12.1 Å². The monoisotopic (exact) mass is 282 g/mol. The van der Waals surface area contributed by atoms with E-state index >= 15 is 0 Å². The van der Waals surface area contributed by atoms with Gasteiger partial charge in [0.15, 0.2) is 5.78 Å². The molecule has 2 aromatic carbocycles. The van der Waals surface area contributed by atoms with E-state index in [1.807, 2.05) is 12.1 Å². The molecule has 0 unspecified atom stereocenters. The van der Waals surface area contributed by atoms with Gasteiger partial charge in [0.05, 0.1) is 0 Å². The van der Waals surface area contributed by atoms with Crippen LogP contribution in [0.25, 0.3) is 0 Å². The topological polar surface area (TPSA) is 46.5 Å². The highest BCUT2D eigenvalue weighted by Crippen LogP contribution is 2.37. The first-order valence-corrected chi connectivity index (χ1v) is 7.28. The summed E-state index contributed by atoms with van der Waals surface area (Å²) in [7, 11) is 0. The van der Waals surface area contributed by atoms with E-state index in [1.54, 1.807) is 24.3 Å². The number of benzene rings is 2. The number of hydrogen-bond donors (Lipinski definition) is 1. The van der Waals surface area contributed by atoms with Crippen LogP contribution in [0.2, 0.25) is 0 Å². The molecule has 0 aromatic heterocycles. The van der Waals surface area contributed by atoms with Crippen LogP contribution in [0.3, 0.4) is 0 Å². The van der Waals surface area contributed by atoms with Gasteiger partial charge in [-0.15, -0.1) is 0 Å². The molecule has 2 aromatic rings. The van der Waals surface area contributed by atoms with Crippen molar-refractivity contribution in [2.75, 3.05) is 6.61 Å². The van der Waals surface area contributed by atoms with Crippen LogP contribution in [0, 0.1) is 0 Å². The minimum Gasteiger partial charge on any atom is -0.457 e. The van der Waals surface area contributed by atoms with Gasteiger partial charge in [0, 0.05) is 5.56 Å². The van der Waals surface area contributed by atoms with Gasteiger partial charge < -0.3 is 9.84 Å². The molecule has 0 aliphatic heterocycles. The number of hydrogen-bond acceptors (Lipinski definition) is 3. The van der Waals surface area contributed by atoms with Crippen molar-refractivity contribution >= 4 is 5.78 Å². The fourth-order valence-corrected chi connectivity index (χ4v) is 2.49. The Morgan fingerprint density at radius 2 is 1.57 bits per heavy atom. The molecule has 0 radical (unpaired) electrons. The molecule has 21 heavy (non-hydrogen) atoms. The van der Waals surface area contributed by atoms with Gasteiger partial charge in [-0.05, 0) is 60.7 Å². The van der Waals surface area contributed by atoms with E-state index in [9.17, 15) is 4.79 Å². The van der Waals surface area contributed by atoms with Crippen LogP contribution in [0.5, 0.6) is 11.5 Å². The third-order valence-electron chi connectivity index (χ3n) is 4.01. The van der Waals surface area contributed by atoms with Crippen LogP contribution >= 0.6 is 0 Å².